The van der Waals surface area contributed by atoms with Crippen molar-refractivity contribution in [2.75, 3.05) is 0 Å². The second kappa shape index (κ2) is 6.82. The Kier molecular flexibility index (Phi) is 5.19. The smallest absolute Gasteiger partial charge is 0.406 e. The van der Waals surface area contributed by atoms with E-state index in [9.17, 15) is 21.6 Å². The quantitative estimate of drug-likeness (QED) is 0.880. The third kappa shape index (κ3) is 4.97. The predicted octanol–water partition coefficient (Wildman–Crippen LogP) is 3.93. The summed E-state index contributed by atoms with van der Waals surface area (Å²) >= 11 is 0. The first-order chi connectivity index (χ1) is 11.1. The molecular formula is C16H16F3NO3S. The van der Waals surface area contributed by atoms with Gasteiger partial charge in [0.05, 0.1) is 4.90 Å². The summed E-state index contributed by atoms with van der Waals surface area (Å²) in [7, 11) is -3.87. The first kappa shape index (κ1) is 18.3. The fourth-order valence-corrected chi connectivity index (χ4v) is 3.36. The van der Waals surface area contributed by atoms with Crippen LogP contribution in [0.1, 0.15) is 24.1 Å². The number of aryl methyl sites for hydroxylation is 1. The molecule has 8 heteroatoms. The molecule has 0 fully saturated rings. The van der Waals surface area contributed by atoms with Gasteiger partial charge in [0.2, 0.25) is 10.0 Å². The van der Waals surface area contributed by atoms with E-state index in [0.717, 1.165) is 35.4 Å². The van der Waals surface area contributed by atoms with Crippen molar-refractivity contribution in [1.29, 1.82) is 0 Å². The van der Waals surface area contributed by atoms with Gasteiger partial charge in [0.1, 0.15) is 5.75 Å². The Hall–Kier alpha value is -2.06. The largest absolute Gasteiger partial charge is 0.573 e. The molecule has 0 aliphatic carbocycles. The van der Waals surface area contributed by atoms with Crippen LogP contribution in [0.15, 0.2) is 53.4 Å². The van der Waals surface area contributed by atoms with E-state index in [1.807, 2.05) is 25.1 Å². The van der Waals surface area contributed by atoms with E-state index in [0.29, 0.717) is 0 Å². The summed E-state index contributed by atoms with van der Waals surface area (Å²) in [5.74, 6) is -0.479. The Morgan fingerprint density at radius 1 is 1.08 bits per heavy atom. The van der Waals surface area contributed by atoms with Gasteiger partial charge in [0.15, 0.2) is 0 Å². The van der Waals surface area contributed by atoms with Crippen LogP contribution in [0.25, 0.3) is 0 Å². The van der Waals surface area contributed by atoms with Gasteiger partial charge in [0, 0.05) is 6.04 Å². The maximum atomic E-state index is 12.3. The van der Waals surface area contributed by atoms with E-state index < -0.39 is 28.2 Å². The van der Waals surface area contributed by atoms with Gasteiger partial charge < -0.3 is 4.74 Å². The van der Waals surface area contributed by atoms with Gasteiger partial charge >= 0.3 is 6.36 Å². The van der Waals surface area contributed by atoms with Gasteiger partial charge in [-0.15, -0.1) is 13.2 Å². The van der Waals surface area contributed by atoms with Gasteiger partial charge in [0.25, 0.3) is 0 Å². The average molecular weight is 359 g/mol. The molecule has 0 spiro atoms. The molecule has 24 heavy (non-hydrogen) atoms. The molecule has 0 saturated heterocycles. The summed E-state index contributed by atoms with van der Waals surface area (Å²) in [5.41, 5.74) is 1.78. The lowest BCUT2D eigenvalue weighted by Crippen LogP contribution is -2.27. The Balaban J connectivity index is 2.15. The van der Waals surface area contributed by atoms with E-state index in [1.54, 1.807) is 13.0 Å². The standard InChI is InChI=1S/C16H16F3NO3S/c1-11-4-3-5-13(10-11)12(2)20-24(21,22)15-8-6-14(7-9-15)23-16(17,18)19/h3-10,12,20H,1-2H3. The lowest BCUT2D eigenvalue weighted by atomic mass is 10.1. The van der Waals surface area contributed by atoms with E-state index in [2.05, 4.69) is 9.46 Å². The summed E-state index contributed by atoms with van der Waals surface area (Å²) in [4.78, 5) is -0.142. The molecule has 130 valence electrons. The number of benzene rings is 2. The van der Waals surface area contributed by atoms with Gasteiger partial charge in [-0.3, -0.25) is 0 Å². The van der Waals surface area contributed by atoms with Crippen molar-refractivity contribution in [2.45, 2.75) is 31.1 Å². The van der Waals surface area contributed by atoms with Crippen LogP contribution >= 0.6 is 0 Å². The summed E-state index contributed by atoms with van der Waals surface area (Å²) in [6.07, 6.45) is -4.82. The molecule has 0 saturated carbocycles. The summed E-state index contributed by atoms with van der Waals surface area (Å²) < 4.78 is 67.2. The molecule has 0 radical (unpaired) electrons. The van der Waals surface area contributed by atoms with E-state index >= 15 is 0 Å². The molecular weight excluding hydrogens is 343 g/mol. The monoisotopic (exact) mass is 359 g/mol. The third-order valence-electron chi connectivity index (χ3n) is 3.24. The highest BCUT2D eigenvalue weighted by atomic mass is 32.2. The average Bonchev–Trinajstić information content (AvgIpc) is 2.45. The minimum atomic E-state index is -4.82. The van der Waals surface area contributed by atoms with E-state index in [-0.39, 0.29) is 4.90 Å². The number of sulfonamides is 1. The first-order valence-electron chi connectivity index (χ1n) is 7.01. The molecule has 1 N–H and O–H groups in total. The molecule has 2 aromatic carbocycles. The fourth-order valence-electron chi connectivity index (χ4n) is 2.13. The molecule has 0 amide bonds. The van der Waals surface area contributed by atoms with Gasteiger partial charge in [-0.25, -0.2) is 13.1 Å². The minimum Gasteiger partial charge on any atom is -0.406 e. The lowest BCUT2D eigenvalue weighted by molar-refractivity contribution is -0.274. The second-order valence-electron chi connectivity index (χ2n) is 5.28. The van der Waals surface area contributed by atoms with Crippen molar-refractivity contribution < 1.29 is 26.3 Å². The zero-order valence-electron chi connectivity index (χ0n) is 13.0. The zero-order chi connectivity index (χ0) is 18.0. The molecule has 1 atom stereocenters. The maximum absolute atomic E-state index is 12.3. The van der Waals surface area contributed by atoms with Gasteiger partial charge in [-0.2, -0.15) is 0 Å². The summed E-state index contributed by atoms with van der Waals surface area (Å²) in [6, 6.07) is 10.9. The Morgan fingerprint density at radius 3 is 2.25 bits per heavy atom. The number of alkyl halides is 3. The lowest BCUT2D eigenvalue weighted by Gasteiger charge is -2.15. The van der Waals surface area contributed by atoms with Crippen molar-refractivity contribution in [3.8, 4) is 5.75 Å². The molecule has 0 bridgehead atoms. The molecule has 4 nitrogen and oxygen atoms in total. The number of rotatable bonds is 5. The molecule has 0 heterocycles. The van der Waals surface area contributed by atoms with Crippen molar-refractivity contribution in [3.63, 3.8) is 0 Å². The SMILES string of the molecule is Cc1cccc(C(C)NS(=O)(=O)c2ccc(OC(F)(F)F)cc2)c1. The van der Waals surface area contributed by atoms with E-state index in [4.69, 9.17) is 0 Å². The zero-order valence-corrected chi connectivity index (χ0v) is 13.8. The molecule has 2 rings (SSSR count). The molecule has 0 aliphatic heterocycles. The molecule has 1 unspecified atom stereocenters. The minimum absolute atomic E-state index is 0.142. The van der Waals surface area contributed by atoms with Crippen LogP contribution in [0.5, 0.6) is 5.75 Å². The topological polar surface area (TPSA) is 55.4 Å². The number of halogens is 3. The molecule has 0 aliphatic rings. The fraction of sp³-hybridized carbons (Fsp3) is 0.250. The van der Waals surface area contributed by atoms with Crippen LogP contribution in [0.3, 0.4) is 0 Å². The highest BCUT2D eigenvalue weighted by Gasteiger charge is 2.31. The van der Waals surface area contributed by atoms with E-state index in [1.165, 1.54) is 0 Å². The number of hydrogen-bond donors (Lipinski definition) is 1. The normalized spacial score (nSPS) is 13.5. The Morgan fingerprint density at radius 2 is 1.71 bits per heavy atom. The number of ether oxygens (including phenoxy) is 1. The maximum Gasteiger partial charge on any atom is 0.573 e. The van der Waals surface area contributed by atoms with Crippen LogP contribution in [0.4, 0.5) is 13.2 Å². The summed E-state index contributed by atoms with van der Waals surface area (Å²) in [6.45, 7) is 3.58. The van der Waals surface area contributed by atoms with Gasteiger partial charge in [-0.05, 0) is 43.7 Å². The molecule has 0 aromatic heterocycles. The molecule has 2 aromatic rings. The van der Waals surface area contributed by atoms with Crippen molar-refractivity contribution >= 4 is 10.0 Å². The predicted molar refractivity (Wildman–Crippen MR) is 83.0 cm³/mol. The number of hydrogen-bond acceptors (Lipinski definition) is 3. The highest BCUT2D eigenvalue weighted by Crippen LogP contribution is 2.24. The van der Waals surface area contributed by atoms with Crippen LogP contribution in [0, 0.1) is 6.92 Å². The Labute approximate surface area is 138 Å². The third-order valence-corrected chi connectivity index (χ3v) is 4.80. The van der Waals surface area contributed by atoms with Crippen molar-refractivity contribution in [1.82, 2.24) is 4.72 Å². The summed E-state index contributed by atoms with van der Waals surface area (Å²) in [5, 5.41) is 0. The van der Waals surface area contributed by atoms with Crippen LogP contribution in [-0.2, 0) is 10.0 Å². The Bertz CT molecular complexity index is 802. The van der Waals surface area contributed by atoms with Crippen LogP contribution in [-0.4, -0.2) is 14.8 Å². The van der Waals surface area contributed by atoms with Gasteiger partial charge in [-0.1, -0.05) is 29.8 Å². The van der Waals surface area contributed by atoms with Crippen LogP contribution in [0.2, 0.25) is 0 Å². The number of nitrogens with one attached hydrogen (secondary N) is 1. The first-order valence-corrected chi connectivity index (χ1v) is 8.50. The van der Waals surface area contributed by atoms with Crippen LogP contribution < -0.4 is 9.46 Å². The second-order valence-corrected chi connectivity index (χ2v) is 6.99. The van der Waals surface area contributed by atoms with Crippen molar-refractivity contribution in [3.05, 3.63) is 59.7 Å². The highest BCUT2D eigenvalue weighted by molar-refractivity contribution is 7.89. The van der Waals surface area contributed by atoms with Crippen molar-refractivity contribution in [2.24, 2.45) is 0 Å².